The van der Waals surface area contributed by atoms with Crippen molar-refractivity contribution in [3.63, 3.8) is 0 Å². The summed E-state index contributed by atoms with van der Waals surface area (Å²) in [6, 6.07) is 15.6. The Bertz CT molecular complexity index is 783. The van der Waals surface area contributed by atoms with Gasteiger partial charge in [-0.25, -0.2) is 4.39 Å². The van der Waals surface area contributed by atoms with Crippen molar-refractivity contribution in [2.75, 3.05) is 0 Å². The standard InChI is InChI=1S/C32H46F/c1-3-5-7-9-11-13-26-15-18-28(19-16-26)29-20-22-30(23-21-29)31-24-17-27(25-32(31)33)14-12-10-8-6-4-2/h17,20,22-26,28H,3-16,18-19H2,1-2H3. The maximum Gasteiger partial charge on any atom is 0.131 e. The summed E-state index contributed by atoms with van der Waals surface area (Å²) in [6.45, 7) is 4.52. The van der Waals surface area contributed by atoms with E-state index in [1.54, 1.807) is 6.07 Å². The number of unbranched alkanes of at least 4 members (excludes halogenated alkanes) is 8. The summed E-state index contributed by atoms with van der Waals surface area (Å²) < 4.78 is 14.8. The van der Waals surface area contributed by atoms with Gasteiger partial charge in [-0.2, -0.15) is 0 Å². The van der Waals surface area contributed by atoms with Crippen molar-refractivity contribution in [1.29, 1.82) is 0 Å². The Morgan fingerprint density at radius 2 is 1.48 bits per heavy atom. The van der Waals surface area contributed by atoms with Gasteiger partial charge in [0.25, 0.3) is 0 Å². The zero-order valence-corrected chi connectivity index (χ0v) is 21.3. The molecule has 2 aromatic carbocycles. The highest BCUT2D eigenvalue weighted by atomic mass is 19.1. The number of benzene rings is 2. The van der Waals surface area contributed by atoms with Crippen LogP contribution in [0.3, 0.4) is 0 Å². The van der Waals surface area contributed by atoms with Crippen LogP contribution in [0.2, 0.25) is 0 Å². The molecule has 1 radical (unpaired) electrons. The molecule has 1 heteroatoms. The first-order valence-corrected chi connectivity index (χ1v) is 14.0. The van der Waals surface area contributed by atoms with Gasteiger partial charge in [-0.05, 0) is 85.3 Å². The molecule has 0 aromatic heterocycles. The van der Waals surface area contributed by atoms with Crippen LogP contribution in [-0.4, -0.2) is 0 Å². The third kappa shape index (κ3) is 8.58. The van der Waals surface area contributed by atoms with Crippen molar-refractivity contribution < 1.29 is 4.39 Å². The molecular formula is C32H46F. The Labute approximate surface area is 203 Å². The number of rotatable bonds is 14. The molecule has 0 bridgehead atoms. The average Bonchev–Trinajstić information content (AvgIpc) is 2.84. The van der Waals surface area contributed by atoms with E-state index in [-0.39, 0.29) is 5.82 Å². The van der Waals surface area contributed by atoms with Crippen molar-refractivity contribution in [2.45, 2.75) is 122 Å². The van der Waals surface area contributed by atoms with Gasteiger partial charge in [-0.1, -0.05) is 102 Å². The number of hydrogen-bond acceptors (Lipinski definition) is 0. The minimum absolute atomic E-state index is 0.0957. The van der Waals surface area contributed by atoms with E-state index < -0.39 is 0 Å². The largest absolute Gasteiger partial charge is 0.206 e. The topological polar surface area (TPSA) is 0 Å². The maximum absolute atomic E-state index is 14.8. The predicted octanol–water partition coefficient (Wildman–Crippen LogP) is 10.4. The van der Waals surface area contributed by atoms with Crippen LogP contribution in [0.15, 0.2) is 36.4 Å². The molecular weight excluding hydrogens is 403 g/mol. The number of hydrogen-bond donors (Lipinski definition) is 0. The summed E-state index contributed by atoms with van der Waals surface area (Å²) in [5, 5.41) is 0. The molecule has 0 N–H and O–H groups in total. The molecule has 181 valence electrons. The van der Waals surface area contributed by atoms with Crippen LogP contribution in [0.4, 0.5) is 4.39 Å². The highest BCUT2D eigenvalue weighted by Crippen LogP contribution is 2.38. The fraction of sp³-hybridized carbons (Fsp3) is 0.625. The second-order valence-corrected chi connectivity index (χ2v) is 10.4. The van der Waals surface area contributed by atoms with Gasteiger partial charge in [0.2, 0.25) is 0 Å². The zero-order chi connectivity index (χ0) is 23.3. The Hall–Kier alpha value is -1.63. The lowest BCUT2D eigenvalue weighted by atomic mass is 9.77. The second kappa shape index (κ2) is 14.6. The summed E-state index contributed by atoms with van der Waals surface area (Å²) in [4.78, 5) is 0. The first kappa shape index (κ1) is 26.0. The van der Waals surface area contributed by atoms with Gasteiger partial charge in [-0.15, -0.1) is 0 Å². The highest BCUT2D eigenvalue weighted by Gasteiger charge is 2.22. The molecule has 0 amide bonds. The summed E-state index contributed by atoms with van der Waals surface area (Å²) in [5.74, 6) is 1.47. The minimum Gasteiger partial charge on any atom is -0.206 e. The van der Waals surface area contributed by atoms with Crippen LogP contribution < -0.4 is 0 Å². The third-order valence-corrected chi connectivity index (χ3v) is 7.75. The van der Waals surface area contributed by atoms with E-state index in [0.29, 0.717) is 11.5 Å². The van der Waals surface area contributed by atoms with E-state index in [9.17, 15) is 4.39 Å². The normalized spacial score (nSPS) is 18.5. The van der Waals surface area contributed by atoms with Crippen molar-refractivity contribution in [3.05, 3.63) is 59.4 Å². The Kier molecular flexibility index (Phi) is 11.5. The van der Waals surface area contributed by atoms with Crippen molar-refractivity contribution in [1.82, 2.24) is 0 Å². The molecule has 1 saturated carbocycles. The van der Waals surface area contributed by atoms with Gasteiger partial charge in [0.15, 0.2) is 0 Å². The minimum atomic E-state index is -0.0957. The molecule has 2 aromatic rings. The van der Waals surface area contributed by atoms with E-state index >= 15 is 0 Å². The molecule has 1 aliphatic carbocycles. The Morgan fingerprint density at radius 1 is 0.788 bits per heavy atom. The lowest BCUT2D eigenvalue weighted by molar-refractivity contribution is 0.302. The molecule has 0 unspecified atom stereocenters. The molecule has 33 heavy (non-hydrogen) atoms. The molecule has 0 aliphatic heterocycles. The Morgan fingerprint density at radius 3 is 2.12 bits per heavy atom. The Balaban J connectivity index is 1.46. The second-order valence-electron chi connectivity index (χ2n) is 10.4. The highest BCUT2D eigenvalue weighted by molar-refractivity contribution is 5.64. The van der Waals surface area contributed by atoms with E-state index in [1.165, 1.54) is 95.5 Å². The van der Waals surface area contributed by atoms with Gasteiger partial charge in [-0.3, -0.25) is 0 Å². The monoisotopic (exact) mass is 449 g/mol. The van der Waals surface area contributed by atoms with Gasteiger partial charge < -0.3 is 0 Å². The maximum atomic E-state index is 14.8. The van der Waals surface area contributed by atoms with Crippen molar-refractivity contribution in [3.8, 4) is 11.1 Å². The first-order chi connectivity index (χ1) is 16.2. The molecule has 0 saturated heterocycles. The van der Waals surface area contributed by atoms with Gasteiger partial charge in [0, 0.05) is 5.56 Å². The average molecular weight is 450 g/mol. The van der Waals surface area contributed by atoms with Gasteiger partial charge in [0.1, 0.15) is 5.82 Å². The summed E-state index contributed by atoms with van der Waals surface area (Å²) >= 11 is 0. The molecule has 0 heterocycles. The smallest absolute Gasteiger partial charge is 0.131 e. The molecule has 0 nitrogen and oxygen atoms in total. The quantitative estimate of drug-likeness (QED) is 0.252. The summed E-state index contributed by atoms with van der Waals surface area (Å²) in [7, 11) is 0. The van der Waals surface area contributed by atoms with Gasteiger partial charge >= 0.3 is 0 Å². The fourth-order valence-electron chi connectivity index (χ4n) is 5.54. The summed E-state index contributed by atoms with van der Waals surface area (Å²) in [6.07, 6.45) is 20.9. The van der Waals surface area contributed by atoms with E-state index in [0.717, 1.165) is 29.9 Å². The molecule has 3 rings (SSSR count). The molecule has 0 atom stereocenters. The lowest BCUT2D eigenvalue weighted by Crippen LogP contribution is -2.13. The molecule has 1 fully saturated rings. The van der Waals surface area contributed by atoms with Crippen molar-refractivity contribution in [2.24, 2.45) is 5.92 Å². The predicted molar refractivity (Wildman–Crippen MR) is 141 cm³/mol. The number of halogens is 1. The van der Waals surface area contributed by atoms with Crippen molar-refractivity contribution >= 4 is 0 Å². The fourth-order valence-corrected chi connectivity index (χ4v) is 5.54. The van der Waals surface area contributed by atoms with E-state index in [4.69, 9.17) is 0 Å². The zero-order valence-electron chi connectivity index (χ0n) is 21.3. The van der Waals surface area contributed by atoms with Crippen LogP contribution in [-0.2, 0) is 6.42 Å². The van der Waals surface area contributed by atoms with Crippen LogP contribution in [0, 0.1) is 17.8 Å². The molecule has 0 spiro atoms. The van der Waals surface area contributed by atoms with E-state index in [2.05, 4.69) is 38.1 Å². The SMILES string of the molecule is CCCCCCCc1ccc(-c2c[c]c(C3CCC(CCCCCCC)CC3)cc2)c(F)c1. The first-order valence-electron chi connectivity index (χ1n) is 14.0. The van der Waals surface area contributed by atoms with Gasteiger partial charge in [0.05, 0.1) is 0 Å². The van der Waals surface area contributed by atoms with Crippen LogP contribution in [0.25, 0.3) is 11.1 Å². The van der Waals surface area contributed by atoms with Crippen LogP contribution >= 0.6 is 0 Å². The van der Waals surface area contributed by atoms with E-state index in [1.807, 2.05) is 12.1 Å². The number of aryl methyl sites for hydroxylation is 1. The summed E-state index contributed by atoms with van der Waals surface area (Å²) in [5.41, 5.74) is 4.10. The third-order valence-electron chi connectivity index (χ3n) is 7.75. The lowest BCUT2D eigenvalue weighted by Gasteiger charge is -2.29. The van der Waals surface area contributed by atoms with Crippen LogP contribution in [0.1, 0.15) is 127 Å². The van der Waals surface area contributed by atoms with Crippen LogP contribution in [0.5, 0.6) is 0 Å². The molecule has 1 aliphatic rings.